The van der Waals surface area contributed by atoms with E-state index in [-0.39, 0.29) is 37.4 Å². The van der Waals surface area contributed by atoms with Crippen LogP contribution in [0.3, 0.4) is 0 Å². The number of nitrogens with zero attached hydrogens (tertiary/aromatic N) is 7. The van der Waals surface area contributed by atoms with E-state index >= 15 is 0 Å². The highest BCUT2D eigenvalue weighted by molar-refractivity contribution is 5.96. The molecule has 0 bridgehead atoms. The van der Waals surface area contributed by atoms with E-state index in [4.69, 9.17) is 39.1 Å². The first kappa shape index (κ1) is 46.7. The lowest BCUT2D eigenvalue weighted by atomic mass is 9.91. The lowest BCUT2D eigenvalue weighted by Crippen LogP contribution is -2.36. The van der Waals surface area contributed by atoms with Gasteiger partial charge < -0.3 is 50.0 Å². The zero-order chi connectivity index (χ0) is 46.8. The second kappa shape index (κ2) is 20.5. The van der Waals surface area contributed by atoms with Crippen molar-refractivity contribution in [3.63, 3.8) is 0 Å². The standard InChI is InChI=1S/C51H68N10O6/c1-30(2)60-50-47(32(5)57-60)45(59-16-19-64-20-17-59)25-43(56-50)41-23-39(67-29-37(63)27-53-7)13-14-40(41)46-22-35(15-18-65-46)54-44-24-42(34-9-8-10-38(21-34)66-28-36(62)26-52-6)55-51-48(44)49(33-11-12-33)58-61(51)31(3)4/h8-10,13-14,21,23-25,30-31,33,35-37,46,52-53,62-63H,11-12,15-20,22,26-29H2,1-7H3,(H,54,55). The first-order valence-corrected chi connectivity index (χ1v) is 24.2. The van der Waals surface area contributed by atoms with E-state index in [0.717, 1.165) is 105 Å². The molecule has 67 heavy (non-hydrogen) atoms. The average molecular weight is 917 g/mol. The zero-order valence-electron chi connectivity index (χ0n) is 40.1. The Morgan fingerprint density at radius 2 is 1.43 bits per heavy atom. The third kappa shape index (κ3) is 10.2. The monoisotopic (exact) mass is 917 g/mol. The molecule has 3 aliphatic rings. The minimum Gasteiger partial charge on any atom is -0.491 e. The molecule has 2 aromatic carbocycles. The van der Waals surface area contributed by atoms with Gasteiger partial charge in [0.05, 0.1) is 58.6 Å². The number of rotatable bonds is 19. The molecule has 16 nitrogen and oxygen atoms in total. The summed E-state index contributed by atoms with van der Waals surface area (Å²) in [4.78, 5) is 13.1. The number of aryl methyl sites for hydroxylation is 1. The van der Waals surface area contributed by atoms with Crippen molar-refractivity contribution in [2.75, 3.05) is 83.5 Å². The average Bonchev–Trinajstić information content (AvgIpc) is 4.02. The van der Waals surface area contributed by atoms with Crippen molar-refractivity contribution in [1.29, 1.82) is 0 Å². The van der Waals surface area contributed by atoms with Crippen LogP contribution in [0.4, 0.5) is 11.4 Å². The van der Waals surface area contributed by atoms with Crippen LogP contribution in [0.1, 0.15) is 94.4 Å². The van der Waals surface area contributed by atoms with E-state index < -0.39 is 12.2 Å². The minimum absolute atomic E-state index is 0.0554. The Morgan fingerprint density at radius 3 is 2.12 bits per heavy atom. The number of ether oxygens (including phenoxy) is 4. The molecular weight excluding hydrogens is 849 g/mol. The number of aliphatic hydroxyl groups is 2. The Bertz CT molecular complexity index is 2650. The van der Waals surface area contributed by atoms with Gasteiger partial charge in [-0.2, -0.15) is 10.2 Å². The zero-order valence-corrected chi connectivity index (χ0v) is 40.1. The number of nitrogens with one attached hydrogen (secondary N) is 3. The number of hydrogen-bond donors (Lipinski definition) is 5. The molecule has 4 aromatic heterocycles. The van der Waals surface area contributed by atoms with Crippen molar-refractivity contribution in [1.82, 2.24) is 40.2 Å². The molecule has 2 aliphatic heterocycles. The number of hydrogen-bond acceptors (Lipinski definition) is 14. The van der Waals surface area contributed by atoms with Crippen molar-refractivity contribution in [2.45, 2.75) is 103 Å². The second-order valence-electron chi connectivity index (χ2n) is 18.9. The van der Waals surface area contributed by atoms with Crippen LogP contribution in [0.15, 0.2) is 54.6 Å². The maximum Gasteiger partial charge on any atom is 0.161 e. The molecule has 5 N–H and O–H groups in total. The topological polar surface area (TPSA) is 178 Å². The number of anilines is 2. The quantitative estimate of drug-likeness (QED) is 0.0564. The molecule has 1 aliphatic carbocycles. The van der Waals surface area contributed by atoms with Crippen LogP contribution in [0.25, 0.3) is 44.6 Å². The molecule has 0 amide bonds. The van der Waals surface area contributed by atoms with Crippen molar-refractivity contribution in [3.8, 4) is 34.0 Å². The summed E-state index contributed by atoms with van der Waals surface area (Å²) in [6.07, 6.45) is 2.18. The van der Waals surface area contributed by atoms with Gasteiger partial charge in [0, 0.05) is 73.6 Å². The summed E-state index contributed by atoms with van der Waals surface area (Å²) in [5, 5.41) is 43.4. The third-order valence-electron chi connectivity index (χ3n) is 13.0. The van der Waals surface area contributed by atoms with E-state index in [1.54, 1.807) is 0 Å². The summed E-state index contributed by atoms with van der Waals surface area (Å²) in [5.74, 6) is 1.72. The fourth-order valence-electron chi connectivity index (χ4n) is 9.48. The number of fused-ring (bicyclic) bond motifs is 2. The van der Waals surface area contributed by atoms with E-state index in [9.17, 15) is 10.2 Å². The summed E-state index contributed by atoms with van der Waals surface area (Å²) < 4.78 is 29.0. The van der Waals surface area contributed by atoms with E-state index in [0.29, 0.717) is 56.7 Å². The Kier molecular flexibility index (Phi) is 14.3. The molecule has 2 saturated heterocycles. The summed E-state index contributed by atoms with van der Waals surface area (Å²) in [6, 6.07) is 18.7. The summed E-state index contributed by atoms with van der Waals surface area (Å²) >= 11 is 0. The Morgan fingerprint density at radius 1 is 0.761 bits per heavy atom. The Balaban J connectivity index is 1.10. The maximum atomic E-state index is 10.6. The highest BCUT2D eigenvalue weighted by Crippen LogP contribution is 2.47. The van der Waals surface area contributed by atoms with Gasteiger partial charge in [-0.15, -0.1) is 0 Å². The van der Waals surface area contributed by atoms with Crippen LogP contribution >= 0.6 is 0 Å². The Labute approximate surface area is 393 Å². The normalized spacial score (nSPS) is 18.9. The molecule has 4 atom stereocenters. The summed E-state index contributed by atoms with van der Waals surface area (Å²) in [6.45, 7) is 15.3. The molecule has 9 rings (SSSR count). The molecule has 4 unspecified atom stereocenters. The van der Waals surface area contributed by atoms with E-state index in [1.807, 2.05) is 43.0 Å². The van der Waals surface area contributed by atoms with Crippen LogP contribution in [-0.2, 0) is 9.47 Å². The van der Waals surface area contributed by atoms with Crippen LogP contribution < -0.4 is 30.3 Å². The number of benzene rings is 2. The van der Waals surface area contributed by atoms with Crippen molar-refractivity contribution < 1.29 is 29.2 Å². The second-order valence-corrected chi connectivity index (χ2v) is 18.9. The van der Waals surface area contributed by atoms with Crippen LogP contribution in [-0.4, -0.2) is 131 Å². The van der Waals surface area contributed by atoms with Gasteiger partial charge >= 0.3 is 0 Å². The van der Waals surface area contributed by atoms with Gasteiger partial charge in [-0.05, 0) is 116 Å². The van der Waals surface area contributed by atoms with Gasteiger partial charge in [-0.3, -0.25) is 0 Å². The minimum atomic E-state index is -0.666. The smallest absolute Gasteiger partial charge is 0.161 e. The number of aliphatic hydroxyl groups excluding tert-OH is 2. The van der Waals surface area contributed by atoms with Crippen molar-refractivity contribution in [3.05, 3.63) is 71.5 Å². The van der Waals surface area contributed by atoms with Gasteiger partial charge in [0.15, 0.2) is 11.3 Å². The van der Waals surface area contributed by atoms with E-state index in [2.05, 4.69) is 90.5 Å². The third-order valence-corrected chi connectivity index (χ3v) is 13.0. The lowest BCUT2D eigenvalue weighted by Gasteiger charge is -2.33. The van der Waals surface area contributed by atoms with Crippen molar-refractivity contribution >= 4 is 33.4 Å². The van der Waals surface area contributed by atoms with Crippen LogP contribution in [0.2, 0.25) is 0 Å². The molecule has 3 fully saturated rings. The molecule has 1 saturated carbocycles. The van der Waals surface area contributed by atoms with Crippen LogP contribution in [0.5, 0.6) is 11.5 Å². The fraction of sp³-hybridized carbons (Fsp3) is 0.529. The SMILES string of the molecule is CNCC(O)COc1cccc(-c2cc(NC3CCOC(c4ccc(OCC(O)CNC)cc4-c4cc(N5CCOCC5)c5c(C)nn(C(C)C)c5n4)C3)c3c(C4CC4)nn(C(C)C)c3n2)c1. The van der Waals surface area contributed by atoms with Gasteiger partial charge in [0.2, 0.25) is 0 Å². The highest BCUT2D eigenvalue weighted by atomic mass is 16.5. The highest BCUT2D eigenvalue weighted by Gasteiger charge is 2.34. The molecule has 0 radical (unpaired) electrons. The number of likely N-dealkylation sites (N-methyl/N-ethyl adjacent to an activating group) is 2. The summed E-state index contributed by atoms with van der Waals surface area (Å²) in [7, 11) is 3.63. The van der Waals surface area contributed by atoms with Gasteiger partial charge in [-0.25, -0.2) is 19.3 Å². The van der Waals surface area contributed by atoms with Gasteiger partial charge in [0.1, 0.15) is 36.9 Å². The largest absolute Gasteiger partial charge is 0.491 e. The Hall–Kier alpha value is -5.36. The first-order valence-electron chi connectivity index (χ1n) is 24.2. The predicted molar refractivity (Wildman–Crippen MR) is 263 cm³/mol. The van der Waals surface area contributed by atoms with Crippen LogP contribution in [0, 0.1) is 6.92 Å². The molecule has 0 spiro atoms. The van der Waals surface area contributed by atoms with Crippen molar-refractivity contribution in [2.24, 2.45) is 0 Å². The predicted octanol–water partition coefficient (Wildman–Crippen LogP) is 6.94. The molecule has 358 valence electrons. The first-order chi connectivity index (χ1) is 32.5. The van der Waals surface area contributed by atoms with Gasteiger partial charge in [0.25, 0.3) is 0 Å². The summed E-state index contributed by atoms with van der Waals surface area (Å²) in [5.41, 5.74) is 10.3. The molecular formula is C51H68N10O6. The maximum absolute atomic E-state index is 10.6. The van der Waals surface area contributed by atoms with E-state index in [1.165, 1.54) is 0 Å². The molecule has 6 heterocycles. The number of morpholine rings is 1. The number of aromatic nitrogens is 6. The number of pyridine rings is 2. The molecule has 16 heteroatoms. The lowest BCUT2D eigenvalue weighted by molar-refractivity contribution is 0.0101. The van der Waals surface area contributed by atoms with Gasteiger partial charge in [-0.1, -0.05) is 18.2 Å². The fourth-order valence-corrected chi connectivity index (χ4v) is 9.48. The molecule has 6 aromatic rings.